The highest BCUT2D eigenvalue weighted by Crippen LogP contribution is 2.35. The van der Waals surface area contributed by atoms with Gasteiger partial charge in [-0.3, -0.25) is 0 Å². The minimum Gasteiger partial charge on any atom is -0.371 e. The quantitative estimate of drug-likeness (QED) is 0.634. The van der Waals surface area contributed by atoms with Gasteiger partial charge in [-0.1, -0.05) is 24.6 Å². The normalized spacial score (nSPS) is 20.5. The van der Waals surface area contributed by atoms with Crippen molar-refractivity contribution in [1.82, 2.24) is 0 Å². The maximum Gasteiger partial charge on any atom is 0.0402 e. The highest BCUT2D eigenvalue weighted by atomic mass is 15.1. The van der Waals surface area contributed by atoms with Gasteiger partial charge in [-0.25, -0.2) is 0 Å². The summed E-state index contributed by atoms with van der Waals surface area (Å²) >= 11 is 0. The Balaban J connectivity index is 2.46. The maximum atomic E-state index is 2.46. The molecule has 1 unspecified atom stereocenters. The van der Waals surface area contributed by atoms with Crippen LogP contribution in [0.3, 0.4) is 0 Å². The van der Waals surface area contributed by atoms with Gasteiger partial charge in [-0.2, -0.15) is 0 Å². The highest BCUT2D eigenvalue weighted by Gasteiger charge is 2.23. The molecule has 1 aromatic rings. The van der Waals surface area contributed by atoms with Crippen molar-refractivity contribution in [2.75, 3.05) is 18.0 Å². The third-order valence-corrected chi connectivity index (χ3v) is 2.93. The van der Waals surface area contributed by atoms with E-state index in [0.29, 0.717) is 5.92 Å². The van der Waals surface area contributed by atoms with E-state index in [2.05, 4.69) is 43.9 Å². The van der Waals surface area contributed by atoms with E-state index in [1.54, 1.807) is 0 Å². The van der Waals surface area contributed by atoms with Gasteiger partial charge in [0.2, 0.25) is 0 Å². The van der Waals surface area contributed by atoms with E-state index >= 15 is 0 Å². The molecule has 0 N–H and O–H groups in total. The fourth-order valence-electron chi connectivity index (χ4n) is 2.18. The molecule has 0 fully saturated rings. The summed E-state index contributed by atoms with van der Waals surface area (Å²) in [6.07, 6.45) is 0. The predicted octanol–water partition coefficient (Wildman–Crippen LogP) is 2.94. The Bertz CT molecular complexity index is 317. The SMILES string of the molecule is CCN1CC(C)c2cc(C)ccc21. The van der Waals surface area contributed by atoms with E-state index in [1.165, 1.54) is 23.4 Å². The minimum absolute atomic E-state index is 0.704. The lowest BCUT2D eigenvalue weighted by Gasteiger charge is -2.16. The van der Waals surface area contributed by atoms with E-state index in [9.17, 15) is 0 Å². The molecular formula is C12H17N. The summed E-state index contributed by atoms with van der Waals surface area (Å²) in [5.41, 5.74) is 4.35. The van der Waals surface area contributed by atoms with Crippen LogP contribution in [0.2, 0.25) is 0 Å². The lowest BCUT2D eigenvalue weighted by Crippen LogP contribution is -2.20. The Labute approximate surface area is 80.4 Å². The zero-order valence-corrected chi connectivity index (χ0v) is 8.67. The molecule has 2 rings (SSSR count). The fraction of sp³-hybridized carbons (Fsp3) is 0.500. The number of hydrogen-bond acceptors (Lipinski definition) is 1. The molecular weight excluding hydrogens is 158 g/mol. The summed E-state index contributed by atoms with van der Waals surface area (Å²) in [6, 6.07) is 6.80. The molecule has 1 heteroatoms. The molecule has 0 saturated carbocycles. The molecule has 0 amide bonds. The summed E-state index contributed by atoms with van der Waals surface area (Å²) in [5.74, 6) is 0.704. The van der Waals surface area contributed by atoms with Crippen LogP contribution in [-0.4, -0.2) is 13.1 Å². The van der Waals surface area contributed by atoms with Crippen molar-refractivity contribution in [3.8, 4) is 0 Å². The first-order valence-corrected chi connectivity index (χ1v) is 5.08. The molecule has 1 heterocycles. The van der Waals surface area contributed by atoms with E-state index in [-0.39, 0.29) is 0 Å². The van der Waals surface area contributed by atoms with Crippen LogP contribution in [0.4, 0.5) is 5.69 Å². The first-order chi connectivity index (χ1) is 6.22. The number of nitrogens with zero attached hydrogens (tertiary/aromatic N) is 1. The van der Waals surface area contributed by atoms with E-state index in [1.807, 2.05) is 0 Å². The Kier molecular flexibility index (Phi) is 2.03. The number of hydrogen-bond donors (Lipinski definition) is 0. The molecule has 0 aromatic heterocycles. The predicted molar refractivity (Wildman–Crippen MR) is 57.5 cm³/mol. The first-order valence-electron chi connectivity index (χ1n) is 5.08. The highest BCUT2D eigenvalue weighted by molar-refractivity contribution is 5.60. The molecule has 70 valence electrons. The van der Waals surface area contributed by atoms with Crippen LogP contribution in [0.5, 0.6) is 0 Å². The molecule has 1 aliphatic heterocycles. The topological polar surface area (TPSA) is 3.24 Å². The van der Waals surface area contributed by atoms with Gasteiger partial charge in [0.1, 0.15) is 0 Å². The number of fused-ring (bicyclic) bond motifs is 1. The maximum absolute atomic E-state index is 2.46. The van der Waals surface area contributed by atoms with Crippen LogP contribution >= 0.6 is 0 Å². The van der Waals surface area contributed by atoms with Crippen molar-refractivity contribution >= 4 is 5.69 Å². The molecule has 1 nitrogen and oxygen atoms in total. The summed E-state index contributed by atoms with van der Waals surface area (Å²) in [4.78, 5) is 2.46. The van der Waals surface area contributed by atoms with Crippen molar-refractivity contribution in [2.24, 2.45) is 0 Å². The summed E-state index contributed by atoms with van der Waals surface area (Å²) in [7, 11) is 0. The lowest BCUT2D eigenvalue weighted by atomic mass is 10.0. The van der Waals surface area contributed by atoms with Crippen molar-refractivity contribution in [3.05, 3.63) is 29.3 Å². The van der Waals surface area contributed by atoms with Crippen LogP contribution < -0.4 is 4.90 Å². The Hall–Kier alpha value is -0.980. The van der Waals surface area contributed by atoms with E-state index < -0.39 is 0 Å². The Morgan fingerprint density at radius 2 is 2.23 bits per heavy atom. The zero-order valence-electron chi connectivity index (χ0n) is 8.67. The molecule has 0 aliphatic carbocycles. The van der Waals surface area contributed by atoms with Gasteiger partial charge in [0.15, 0.2) is 0 Å². The second kappa shape index (κ2) is 3.06. The molecule has 1 aliphatic rings. The zero-order chi connectivity index (χ0) is 9.42. The minimum atomic E-state index is 0.704. The second-order valence-corrected chi connectivity index (χ2v) is 4.00. The van der Waals surface area contributed by atoms with Gasteiger partial charge in [0.25, 0.3) is 0 Å². The van der Waals surface area contributed by atoms with E-state index in [0.717, 1.165) is 6.54 Å². The number of aryl methyl sites for hydroxylation is 1. The molecule has 0 saturated heterocycles. The first kappa shape index (κ1) is 8.61. The van der Waals surface area contributed by atoms with Crippen molar-refractivity contribution < 1.29 is 0 Å². The summed E-state index contributed by atoms with van der Waals surface area (Å²) in [6.45, 7) is 9.02. The fourth-order valence-corrected chi connectivity index (χ4v) is 2.18. The summed E-state index contributed by atoms with van der Waals surface area (Å²) in [5, 5.41) is 0. The molecule has 0 bridgehead atoms. The standard InChI is InChI=1S/C12H17N/c1-4-13-8-10(3)11-7-9(2)5-6-12(11)13/h5-7,10H,4,8H2,1-3H3. The van der Waals surface area contributed by atoms with Crippen LogP contribution in [0, 0.1) is 6.92 Å². The van der Waals surface area contributed by atoms with Crippen molar-refractivity contribution in [3.63, 3.8) is 0 Å². The molecule has 1 aromatic carbocycles. The average molecular weight is 175 g/mol. The molecule has 13 heavy (non-hydrogen) atoms. The van der Waals surface area contributed by atoms with Crippen LogP contribution in [0.25, 0.3) is 0 Å². The third-order valence-electron chi connectivity index (χ3n) is 2.93. The van der Waals surface area contributed by atoms with Gasteiger partial charge in [0.05, 0.1) is 0 Å². The molecule has 0 spiro atoms. The molecule has 1 atom stereocenters. The van der Waals surface area contributed by atoms with Gasteiger partial charge in [-0.15, -0.1) is 0 Å². The van der Waals surface area contributed by atoms with Crippen molar-refractivity contribution in [1.29, 1.82) is 0 Å². The summed E-state index contributed by atoms with van der Waals surface area (Å²) < 4.78 is 0. The number of benzene rings is 1. The average Bonchev–Trinajstić information content (AvgIpc) is 2.43. The third kappa shape index (κ3) is 1.32. The van der Waals surface area contributed by atoms with Crippen molar-refractivity contribution in [2.45, 2.75) is 26.7 Å². The van der Waals surface area contributed by atoms with Crippen LogP contribution in [0.15, 0.2) is 18.2 Å². The molecule has 0 radical (unpaired) electrons. The lowest BCUT2D eigenvalue weighted by molar-refractivity contribution is 0.762. The second-order valence-electron chi connectivity index (χ2n) is 4.00. The van der Waals surface area contributed by atoms with Gasteiger partial charge in [-0.05, 0) is 25.5 Å². The van der Waals surface area contributed by atoms with Gasteiger partial charge >= 0.3 is 0 Å². The van der Waals surface area contributed by atoms with E-state index in [4.69, 9.17) is 0 Å². The number of anilines is 1. The van der Waals surface area contributed by atoms with Gasteiger partial charge in [0, 0.05) is 24.7 Å². The Morgan fingerprint density at radius 1 is 1.46 bits per heavy atom. The smallest absolute Gasteiger partial charge is 0.0402 e. The Morgan fingerprint density at radius 3 is 2.92 bits per heavy atom. The number of rotatable bonds is 1. The van der Waals surface area contributed by atoms with Crippen LogP contribution in [0.1, 0.15) is 30.9 Å². The number of likely N-dealkylation sites (N-methyl/N-ethyl adjacent to an activating group) is 1. The largest absolute Gasteiger partial charge is 0.371 e. The monoisotopic (exact) mass is 175 g/mol. The van der Waals surface area contributed by atoms with Crippen LogP contribution in [-0.2, 0) is 0 Å². The van der Waals surface area contributed by atoms with Gasteiger partial charge < -0.3 is 4.90 Å².